The summed E-state index contributed by atoms with van der Waals surface area (Å²) < 4.78 is 2.45. The lowest BCUT2D eigenvalue weighted by atomic mass is 9.95. The van der Waals surface area contributed by atoms with Crippen LogP contribution in [0.25, 0.3) is 0 Å². The fourth-order valence-electron chi connectivity index (χ4n) is 5.01. The second-order valence-electron chi connectivity index (χ2n) is 8.86. The van der Waals surface area contributed by atoms with Gasteiger partial charge in [-0.2, -0.15) is 0 Å². The fourth-order valence-corrected chi connectivity index (χ4v) is 5.01. The maximum Gasteiger partial charge on any atom is 0.255 e. The van der Waals surface area contributed by atoms with E-state index >= 15 is 0 Å². The highest BCUT2D eigenvalue weighted by molar-refractivity contribution is 5.95. The smallest absolute Gasteiger partial charge is 0.255 e. The van der Waals surface area contributed by atoms with Gasteiger partial charge in [-0.1, -0.05) is 19.3 Å². The van der Waals surface area contributed by atoms with Gasteiger partial charge in [-0.15, -0.1) is 0 Å². The zero-order valence-corrected chi connectivity index (χ0v) is 16.6. The lowest BCUT2D eigenvalue weighted by molar-refractivity contribution is 0.0704. The first kappa shape index (κ1) is 18.1. The molecule has 3 fully saturated rings. The summed E-state index contributed by atoms with van der Waals surface area (Å²) in [6.45, 7) is 7.30. The lowest BCUT2D eigenvalue weighted by Gasteiger charge is -2.33. The Kier molecular flexibility index (Phi) is 5.40. The van der Waals surface area contributed by atoms with E-state index in [0.29, 0.717) is 12.1 Å². The summed E-state index contributed by atoms with van der Waals surface area (Å²) in [5.74, 6) is 1.18. The van der Waals surface area contributed by atoms with E-state index in [-0.39, 0.29) is 5.91 Å². The molecule has 2 aliphatic carbocycles. The van der Waals surface area contributed by atoms with Crippen LogP contribution in [0.15, 0.2) is 6.07 Å². The summed E-state index contributed by atoms with van der Waals surface area (Å²) in [5.41, 5.74) is 3.39. The molecule has 0 aromatic carbocycles. The van der Waals surface area contributed by atoms with Crippen molar-refractivity contribution in [3.05, 3.63) is 23.0 Å². The van der Waals surface area contributed by atoms with E-state index in [4.69, 9.17) is 0 Å². The number of carbonyl (C=O) groups is 1. The van der Waals surface area contributed by atoms with Gasteiger partial charge >= 0.3 is 0 Å². The Labute approximate surface area is 158 Å². The number of nitrogens with one attached hydrogen (secondary N) is 1. The Hall–Kier alpha value is -1.29. The number of rotatable bonds is 5. The van der Waals surface area contributed by atoms with Crippen LogP contribution in [0.5, 0.6) is 0 Å². The van der Waals surface area contributed by atoms with Crippen molar-refractivity contribution < 1.29 is 4.79 Å². The van der Waals surface area contributed by atoms with Gasteiger partial charge in [0.1, 0.15) is 0 Å². The third-order valence-electron chi connectivity index (χ3n) is 6.83. The van der Waals surface area contributed by atoms with E-state index in [1.807, 2.05) is 0 Å². The second kappa shape index (κ2) is 7.75. The molecule has 0 radical (unpaired) electrons. The number of aryl methyl sites for hydroxylation is 1. The first-order valence-corrected chi connectivity index (χ1v) is 10.8. The van der Waals surface area contributed by atoms with E-state index < -0.39 is 0 Å². The minimum absolute atomic E-state index is 0.251. The van der Waals surface area contributed by atoms with Crippen LogP contribution in [0.2, 0.25) is 0 Å². The highest BCUT2D eigenvalue weighted by Crippen LogP contribution is 2.33. The van der Waals surface area contributed by atoms with Crippen molar-refractivity contribution in [1.29, 1.82) is 0 Å². The van der Waals surface area contributed by atoms with Gasteiger partial charge < -0.3 is 14.8 Å². The second-order valence-corrected chi connectivity index (χ2v) is 8.86. The lowest BCUT2D eigenvalue weighted by Crippen LogP contribution is -2.45. The number of hydrogen-bond donors (Lipinski definition) is 1. The van der Waals surface area contributed by atoms with Gasteiger partial charge in [0, 0.05) is 36.6 Å². The van der Waals surface area contributed by atoms with Gasteiger partial charge in [0.15, 0.2) is 0 Å². The molecule has 1 aromatic heterocycles. The van der Waals surface area contributed by atoms with E-state index in [9.17, 15) is 4.79 Å². The Morgan fingerprint density at radius 1 is 1.04 bits per heavy atom. The van der Waals surface area contributed by atoms with Crippen molar-refractivity contribution in [3.63, 3.8) is 0 Å². The molecule has 0 bridgehead atoms. The summed E-state index contributed by atoms with van der Waals surface area (Å²) in [6, 6.07) is 3.35. The van der Waals surface area contributed by atoms with Crippen molar-refractivity contribution in [2.45, 2.75) is 83.7 Å². The molecule has 1 N–H and O–H groups in total. The molecule has 4 nitrogen and oxygen atoms in total. The predicted molar refractivity (Wildman–Crippen MR) is 106 cm³/mol. The standard InChI is InChI=1S/C22H35N3O/c1-16-14-21(17(2)25(16)20-6-4-3-5-7-20)22(26)24-12-10-19(11-13-24)23-15-18-8-9-18/h14,18-20,23H,3-13,15H2,1-2H3. The Morgan fingerprint density at radius 3 is 2.38 bits per heavy atom. The summed E-state index contributed by atoms with van der Waals surface area (Å²) in [7, 11) is 0. The Bertz CT molecular complexity index is 632. The number of piperidine rings is 1. The van der Waals surface area contributed by atoms with Crippen LogP contribution in [0.3, 0.4) is 0 Å². The number of likely N-dealkylation sites (tertiary alicyclic amines) is 1. The summed E-state index contributed by atoms with van der Waals surface area (Å²) in [6.07, 6.45) is 11.6. The molecule has 144 valence electrons. The molecule has 4 heteroatoms. The average molecular weight is 358 g/mol. The predicted octanol–water partition coefficient (Wildman–Crippen LogP) is 4.21. The van der Waals surface area contributed by atoms with Crippen LogP contribution in [-0.2, 0) is 0 Å². The minimum atomic E-state index is 0.251. The van der Waals surface area contributed by atoms with Crippen molar-refractivity contribution in [1.82, 2.24) is 14.8 Å². The number of nitrogens with zero attached hydrogens (tertiary/aromatic N) is 2. The van der Waals surface area contributed by atoms with Crippen LogP contribution >= 0.6 is 0 Å². The first-order valence-electron chi connectivity index (χ1n) is 10.8. The topological polar surface area (TPSA) is 37.3 Å². The maximum absolute atomic E-state index is 13.1. The molecule has 2 heterocycles. The van der Waals surface area contributed by atoms with Crippen molar-refractivity contribution >= 4 is 5.91 Å². The highest BCUT2D eigenvalue weighted by Gasteiger charge is 2.29. The third-order valence-corrected chi connectivity index (χ3v) is 6.83. The minimum Gasteiger partial charge on any atom is -0.345 e. The normalized spacial score (nSPS) is 22.8. The number of amides is 1. The van der Waals surface area contributed by atoms with Crippen molar-refractivity contribution in [2.75, 3.05) is 19.6 Å². The Morgan fingerprint density at radius 2 is 1.73 bits per heavy atom. The molecule has 1 amide bonds. The van der Waals surface area contributed by atoms with Crippen LogP contribution < -0.4 is 5.32 Å². The average Bonchev–Trinajstić information content (AvgIpc) is 3.45. The van der Waals surface area contributed by atoms with Crippen LogP contribution in [0, 0.1) is 19.8 Å². The summed E-state index contributed by atoms with van der Waals surface area (Å²) in [5, 5.41) is 3.71. The molecule has 2 saturated carbocycles. The highest BCUT2D eigenvalue weighted by atomic mass is 16.2. The molecule has 1 saturated heterocycles. The summed E-state index contributed by atoms with van der Waals surface area (Å²) >= 11 is 0. The van der Waals surface area contributed by atoms with Gasteiger partial charge in [-0.25, -0.2) is 0 Å². The largest absolute Gasteiger partial charge is 0.345 e. The zero-order valence-electron chi connectivity index (χ0n) is 16.6. The number of aromatic nitrogens is 1. The van der Waals surface area contributed by atoms with Crippen LogP contribution in [-0.4, -0.2) is 41.1 Å². The molecular weight excluding hydrogens is 322 g/mol. The van der Waals surface area contributed by atoms with Crippen molar-refractivity contribution in [3.8, 4) is 0 Å². The SMILES string of the molecule is Cc1cc(C(=O)N2CCC(NCC3CC3)CC2)c(C)n1C1CCCCC1. The molecule has 0 unspecified atom stereocenters. The first-order chi connectivity index (χ1) is 12.6. The van der Waals surface area contributed by atoms with Crippen LogP contribution in [0.4, 0.5) is 0 Å². The molecule has 0 spiro atoms. The van der Waals surface area contributed by atoms with E-state index in [1.54, 1.807) is 0 Å². The number of hydrogen-bond acceptors (Lipinski definition) is 2. The zero-order chi connectivity index (χ0) is 18.1. The van der Waals surface area contributed by atoms with E-state index in [0.717, 1.165) is 37.4 Å². The molecule has 0 atom stereocenters. The van der Waals surface area contributed by atoms with Crippen LogP contribution in [0.1, 0.15) is 85.6 Å². The van der Waals surface area contributed by atoms with E-state index in [2.05, 4.69) is 34.7 Å². The van der Waals surface area contributed by atoms with Gasteiger partial charge in [-0.3, -0.25) is 4.79 Å². The monoisotopic (exact) mass is 357 g/mol. The Balaban J connectivity index is 1.38. The van der Waals surface area contributed by atoms with Gasteiger partial charge in [0.05, 0.1) is 5.56 Å². The third kappa shape index (κ3) is 3.85. The molecular formula is C22H35N3O. The van der Waals surface area contributed by atoms with Crippen molar-refractivity contribution in [2.24, 2.45) is 5.92 Å². The van der Waals surface area contributed by atoms with Gasteiger partial charge in [-0.05, 0) is 70.9 Å². The maximum atomic E-state index is 13.1. The van der Waals surface area contributed by atoms with Gasteiger partial charge in [0.25, 0.3) is 5.91 Å². The summed E-state index contributed by atoms with van der Waals surface area (Å²) in [4.78, 5) is 15.2. The molecule has 1 aliphatic heterocycles. The van der Waals surface area contributed by atoms with Gasteiger partial charge in [0.2, 0.25) is 0 Å². The quantitative estimate of drug-likeness (QED) is 0.857. The van der Waals surface area contributed by atoms with E-state index in [1.165, 1.54) is 62.9 Å². The fraction of sp³-hybridized carbons (Fsp3) is 0.773. The molecule has 26 heavy (non-hydrogen) atoms. The molecule has 1 aromatic rings. The molecule has 4 rings (SSSR count). The number of carbonyl (C=O) groups excluding carboxylic acids is 1. The molecule has 3 aliphatic rings.